The van der Waals surface area contributed by atoms with Crippen molar-refractivity contribution in [1.82, 2.24) is 0 Å². The Bertz CT molecular complexity index is 1510. The number of allylic oxidation sites excluding steroid dienone is 20. The monoisotopic (exact) mass is 933 g/mol. The fourth-order valence-corrected chi connectivity index (χ4v) is 6.30. The largest absolute Gasteiger partial charge is 0.477 e. The van der Waals surface area contributed by atoms with Crippen LogP contribution in [0.3, 0.4) is 0 Å². The number of esters is 2. The number of nitrogens with zero attached hydrogens (tertiary/aromatic N) is 1. The van der Waals surface area contributed by atoms with Crippen LogP contribution in [0.15, 0.2) is 122 Å². The first-order valence-electron chi connectivity index (χ1n) is 25.7. The summed E-state index contributed by atoms with van der Waals surface area (Å²) >= 11 is 0. The van der Waals surface area contributed by atoms with Gasteiger partial charge in [0.2, 0.25) is 0 Å². The van der Waals surface area contributed by atoms with E-state index in [0.717, 1.165) is 116 Å². The number of carboxylic acids is 1. The molecule has 0 bridgehead atoms. The minimum Gasteiger partial charge on any atom is -0.477 e. The van der Waals surface area contributed by atoms with E-state index in [4.69, 9.17) is 18.9 Å². The zero-order valence-corrected chi connectivity index (χ0v) is 42.8. The van der Waals surface area contributed by atoms with Gasteiger partial charge >= 0.3 is 17.9 Å². The number of unbranched alkanes of at least 4 members (excludes halogenated alkanes) is 10. The molecule has 0 aromatic rings. The molecule has 9 heteroatoms. The summed E-state index contributed by atoms with van der Waals surface area (Å²) in [6.45, 7) is 4.57. The first-order chi connectivity index (χ1) is 32.6. The third-order valence-corrected chi connectivity index (χ3v) is 10.2. The summed E-state index contributed by atoms with van der Waals surface area (Å²) in [4.78, 5) is 37.3. The molecule has 2 atom stereocenters. The molecule has 0 aliphatic rings. The van der Waals surface area contributed by atoms with Gasteiger partial charge in [-0.2, -0.15) is 0 Å². The molecule has 0 aliphatic carbocycles. The van der Waals surface area contributed by atoms with Crippen molar-refractivity contribution >= 4 is 17.9 Å². The molecule has 0 saturated carbocycles. The van der Waals surface area contributed by atoms with E-state index in [1.807, 2.05) is 21.1 Å². The number of hydrogen-bond acceptors (Lipinski definition) is 7. The summed E-state index contributed by atoms with van der Waals surface area (Å²) in [5.74, 6) is -2.08. The average Bonchev–Trinajstić information content (AvgIpc) is 3.29. The van der Waals surface area contributed by atoms with Gasteiger partial charge in [-0.15, -0.1) is 0 Å². The second-order valence-corrected chi connectivity index (χ2v) is 17.7. The van der Waals surface area contributed by atoms with Gasteiger partial charge in [-0.3, -0.25) is 9.59 Å². The molecular formula is C58H94NO8+. The molecule has 0 fully saturated rings. The molecule has 0 radical (unpaired) electrons. The fourth-order valence-electron chi connectivity index (χ4n) is 6.30. The van der Waals surface area contributed by atoms with Crippen molar-refractivity contribution in [3.63, 3.8) is 0 Å². The summed E-state index contributed by atoms with van der Waals surface area (Å²) in [5.41, 5.74) is 0. The quantitative estimate of drug-likeness (QED) is 0.0211. The van der Waals surface area contributed by atoms with E-state index >= 15 is 0 Å². The van der Waals surface area contributed by atoms with Crippen LogP contribution in [0.2, 0.25) is 0 Å². The zero-order valence-electron chi connectivity index (χ0n) is 42.8. The number of rotatable bonds is 45. The summed E-state index contributed by atoms with van der Waals surface area (Å²) in [5, 5.41) is 9.67. The smallest absolute Gasteiger partial charge is 0.361 e. The third-order valence-electron chi connectivity index (χ3n) is 10.2. The van der Waals surface area contributed by atoms with Crippen molar-refractivity contribution in [2.24, 2.45) is 0 Å². The van der Waals surface area contributed by atoms with E-state index in [0.29, 0.717) is 17.4 Å². The van der Waals surface area contributed by atoms with Crippen LogP contribution < -0.4 is 0 Å². The molecule has 67 heavy (non-hydrogen) atoms. The lowest BCUT2D eigenvalue weighted by molar-refractivity contribution is -0.870. The first kappa shape index (κ1) is 62.7. The van der Waals surface area contributed by atoms with Crippen molar-refractivity contribution in [2.75, 3.05) is 47.5 Å². The summed E-state index contributed by atoms with van der Waals surface area (Å²) < 4.78 is 22.7. The minimum atomic E-state index is -1.53. The molecule has 0 amide bonds. The van der Waals surface area contributed by atoms with E-state index in [1.165, 1.54) is 19.3 Å². The Labute approximate surface area is 408 Å². The number of hydrogen-bond donors (Lipinski definition) is 1. The maximum Gasteiger partial charge on any atom is 0.361 e. The number of carboxylic acid groups (broad SMARTS) is 1. The Morgan fingerprint density at radius 1 is 0.448 bits per heavy atom. The highest BCUT2D eigenvalue weighted by atomic mass is 16.7. The Morgan fingerprint density at radius 2 is 0.806 bits per heavy atom. The molecule has 0 heterocycles. The Morgan fingerprint density at radius 3 is 1.21 bits per heavy atom. The van der Waals surface area contributed by atoms with Crippen LogP contribution in [0.5, 0.6) is 0 Å². The van der Waals surface area contributed by atoms with E-state index in [2.05, 4.69) is 135 Å². The molecule has 1 N–H and O–H groups in total. The highest BCUT2D eigenvalue weighted by Crippen LogP contribution is 2.13. The third kappa shape index (κ3) is 49.4. The number of ether oxygens (including phenoxy) is 4. The van der Waals surface area contributed by atoms with Crippen LogP contribution in [-0.2, 0) is 33.3 Å². The van der Waals surface area contributed by atoms with Gasteiger partial charge in [0, 0.05) is 12.8 Å². The molecule has 0 saturated heterocycles. The van der Waals surface area contributed by atoms with Crippen molar-refractivity contribution in [1.29, 1.82) is 0 Å². The lowest BCUT2D eigenvalue weighted by Crippen LogP contribution is -2.40. The van der Waals surface area contributed by atoms with Gasteiger partial charge in [-0.1, -0.05) is 174 Å². The summed E-state index contributed by atoms with van der Waals surface area (Å²) in [6, 6.07) is 0. The molecule has 378 valence electrons. The van der Waals surface area contributed by atoms with Gasteiger partial charge in [-0.05, 0) is 103 Å². The van der Waals surface area contributed by atoms with Gasteiger partial charge in [-0.25, -0.2) is 4.79 Å². The van der Waals surface area contributed by atoms with Gasteiger partial charge in [0.05, 0.1) is 34.4 Å². The topological polar surface area (TPSA) is 108 Å². The van der Waals surface area contributed by atoms with Gasteiger partial charge in [0.1, 0.15) is 13.2 Å². The van der Waals surface area contributed by atoms with Crippen LogP contribution in [0.25, 0.3) is 0 Å². The standard InChI is InChI=1S/C58H93NO8/c1-6-8-10-12-14-16-18-20-22-24-25-26-27-28-29-30-31-33-35-37-39-41-43-45-47-49-56(61)67-54(53-66-58(57(62)63)64-51-50-59(3,4)5)52-65-55(60)48-46-44-42-40-38-36-34-32-23-21-19-17-15-13-11-9-7-2/h8-11,14-17,20-23,25-26,28-29,31,33,37,39,54,58H,6-7,12-13,18-19,24,27,30,32,34-36,38,40-53H2,1-5H3/p+1/b10-8-,11-9-,16-14-,17-15-,22-20-,23-21-,26-25-,29-28-,33-31-,39-37-. The molecule has 2 unspecified atom stereocenters. The van der Waals surface area contributed by atoms with Crippen LogP contribution in [-0.4, -0.2) is 87.4 Å². The predicted molar refractivity (Wildman–Crippen MR) is 281 cm³/mol. The van der Waals surface area contributed by atoms with Crippen LogP contribution in [0.4, 0.5) is 0 Å². The Hall–Kier alpha value is -4.31. The SMILES string of the molecule is CC/C=C\C/C=C\C/C=C\C/C=C\C/C=C\C/C=C\C/C=C\CCCCCC(=O)OC(COC(=O)CCCCCCCCC/C=C\C/C=C\C/C=C\CC)COC(OCC[N+](C)(C)C)C(=O)O. The molecule has 0 aromatic heterocycles. The molecule has 9 nitrogen and oxygen atoms in total. The summed E-state index contributed by atoms with van der Waals surface area (Å²) in [6.07, 6.45) is 64.0. The van der Waals surface area contributed by atoms with E-state index in [1.54, 1.807) is 0 Å². The van der Waals surface area contributed by atoms with Gasteiger partial charge < -0.3 is 28.5 Å². The van der Waals surface area contributed by atoms with Crippen molar-refractivity contribution in [3.8, 4) is 0 Å². The number of likely N-dealkylation sites (N-methyl/N-ethyl adjacent to an activating group) is 1. The van der Waals surface area contributed by atoms with Crippen LogP contribution >= 0.6 is 0 Å². The minimum absolute atomic E-state index is 0.171. The molecular weight excluding hydrogens is 839 g/mol. The fraction of sp³-hybridized carbons (Fsp3) is 0.603. The predicted octanol–water partition coefficient (Wildman–Crippen LogP) is 14.6. The number of carbonyl (C=O) groups is 3. The molecule has 0 aromatic carbocycles. The average molecular weight is 933 g/mol. The normalized spacial score (nSPS) is 13.9. The highest BCUT2D eigenvalue weighted by Gasteiger charge is 2.25. The number of aliphatic carboxylic acids is 1. The second-order valence-electron chi connectivity index (χ2n) is 17.7. The summed E-state index contributed by atoms with van der Waals surface area (Å²) in [7, 11) is 5.93. The van der Waals surface area contributed by atoms with Crippen LogP contribution in [0.1, 0.15) is 168 Å². The molecule has 0 aliphatic heterocycles. The van der Waals surface area contributed by atoms with E-state index in [-0.39, 0.29) is 38.6 Å². The van der Waals surface area contributed by atoms with E-state index < -0.39 is 24.3 Å². The number of quaternary nitrogens is 1. The highest BCUT2D eigenvalue weighted by molar-refractivity contribution is 5.71. The van der Waals surface area contributed by atoms with Crippen molar-refractivity contribution in [3.05, 3.63) is 122 Å². The van der Waals surface area contributed by atoms with Crippen LogP contribution in [0, 0.1) is 0 Å². The van der Waals surface area contributed by atoms with Gasteiger partial charge in [0.25, 0.3) is 6.29 Å². The van der Waals surface area contributed by atoms with E-state index in [9.17, 15) is 19.5 Å². The molecule has 0 spiro atoms. The van der Waals surface area contributed by atoms with Crippen molar-refractivity contribution < 1.29 is 42.9 Å². The number of carbonyl (C=O) groups excluding carboxylic acids is 2. The lowest BCUT2D eigenvalue weighted by Gasteiger charge is -2.25. The Balaban J connectivity index is 4.46. The zero-order chi connectivity index (χ0) is 49.2. The first-order valence-corrected chi connectivity index (χ1v) is 25.7. The molecule has 0 rings (SSSR count). The lowest BCUT2D eigenvalue weighted by atomic mass is 10.1. The van der Waals surface area contributed by atoms with Crippen molar-refractivity contribution in [2.45, 2.75) is 180 Å². The van der Waals surface area contributed by atoms with Gasteiger partial charge in [0.15, 0.2) is 6.10 Å². The second kappa shape index (κ2) is 48.2. The maximum atomic E-state index is 12.8. The Kier molecular flexibility index (Phi) is 45.1. The maximum absolute atomic E-state index is 12.8.